The Hall–Kier alpha value is -2.65. The molecule has 3 amide bonds. The summed E-state index contributed by atoms with van der Waals surface area (Å²) in [6.07, 6.45) is -3.16. The lowest BCUT2D eigenvalue weighted by molar-refractivity contribution is -0.141. The molecule has 33 heavy (non-hydrogen) atoms. The molecule has 0 saturated carbocycles. The van der Waals surface area contributed by atoms with Gasteiger partial charge in [0.2, 0.25) is 17.7 Å². The van der Waals surface area contributed by atoms with Crippen molar-refractivity contribution in [2.24, 2.45) is 0 Å². The number of hydrogen-bond donors (Lipinski definition) is 2. The lowest BCUT2D eigenvalue weighted by Crippen LogP contribution is -2.40. The first-order valence-corrected chi connectivity index (χ1v) is 10.7. The second-order valence-corrected chi connectivity index (χ2v) is 9.03. The zero-order valence-electron chi connectivity index (χ0n) is 17.6. The number of halogens is 5. The predicted octanol–water partition coefficient (Wildman–Crippen LogP) is 4.52. The molecule has 1 aromatic heterocycles. The number of carbonyl (C=O) groups excluding carboxylic acids is 3. The average Bonchev–Trinajstić information content (AvgIpc) is 2.72. The number of imide groups is 1. The Morgan fingerprint density at radius 2 is 1.82 bits per heavy atom. The molecule has 1 saturated heterocycles. The Bertz CT molecular complexity index is 1100. The fourth-order valence-corrected chi connectivity index (χ4v) is 4.35. The van der Waals surface area contributed by atoms with Gasteiger partial charge in [-0.25, -0.2) is 0 Å². The van der Waals surface area contributed by atoms with Crippen molar-refractivity contribution in [2.75, 3.05) is 0 Å². The van der Waals surface area contributed by atoms with E-state index >= 15 is 0 Å². The van der Waals surface area contributed by atoms with Crippen molar-refractivity contribution in [1.29, 1.82) is 0 Å². The van der Waals surface area contributed by atoms with Crippen molar-refractivity contribution in [3.63, 3.8) is 0 Å². The van der Waals surface area contributed by atoms with E-state index in [2.05, 4.69) is 15.6 Å². The highest BCUT2D eigenvalue weighted by atomic mass is 35.5. The van der Waals surface area contributed by atoms with Crippen molar-refractivity contribution in [1.82, 2.24) is 15.6 Å². The quantitative estimate of drug-likeness (QED) is 0.589. The number of benzene rings is 1. The minimum absolute atomic E-state index is 0.00848. The number of hydrogen-bond acceptors (Lipinski definition) is 4. The van der Waals surface area contributed by atoms with Gasteiger partial charge in [-0.3, -0.25) is 24.7 Å². The Morgan fingerprint density at radius 3 is 2.39 bits per heavy atom. The van der Waals surface area contributed by atoms with Crippen LogP contribution in [0.3, 0.4) is 0 Å². The van der Waals surface area contributed by atoms with Gasteiger partial charge in [-0.1, -0.05) is 23.2 Å². The van der Waals surface area contributed by atoms with Crippen LogP contribution in [0.4, 0.5) is 13.2 Å². The molecule has 1 aliphatic rings. The van der Waals surface area contributed by atoms with E-state index in [0.29, 0.717) is 11.1 Å². The third-order valence-electron chi connectivity index (χ3n) is 5.52. The van der Waals surface area contributed by atoms with Gasteiger partial charge in [-0.2, -0.15) is 13.2 Å². The maximum absolute atomic E-state index is 13.0. The predicted molar refractivity (Wildman–Crippen MR) is 116 cm³/mol. The van der Waals surface area contributed by atoms with Gasteiger partial charge in [0.05, 0.1) is 11.3 Å². The van der Waals surface area contributed by atoms with E-state index in [0.717, 1.165) is 12.3 Å². The third kappa shape index (κ3) is 5.47. The van der Waals surface area contributed by atoms with Gasteiger partial charge >= 0.3 is 6.18 Å². The van der Waals surface area contributed by atoms with Crippen molar-refractivity contribution in [3.8, 4) is 0 Å². The van der Waals surface area contributed by atoms with Crippen LogP contribution in [0, 0.1) is 0 Å². The van der Waals surface area contributed by atoms with Gasteiger partial charge < -0.3 is 5.32 Å². The molecule has 0 spiro atoms. The van der Waals surface area contributed by atoms with Crippen LogP contribution < -0.4 is 10.6 Å². The summed E-state index contributed by atoms with van der Waals surface area (Å²) in [5.41, 5.74) is -1.26. The van der Waals surface area contributed by atoms with Gasteiger partial charge in [0.1, 0.15) is 5.69 Å². The Balaban J connectivity index is 1.75. The van der Waals surface area contributed by atoms with Crippen LogP contribution >= 0.6 is 23.2 Å². The highest BCUT2D eigenvalue weighted by Crippen LogP contribution is 2.37. The summed E-state index contributed by atoms with van der Waals surface area (Å²) in [4.78, 5) is 39.7. The Kier molecular flexibility index (Phi) is 7.04. The number of carbonyl (C=O) groups is 3. The highest BCUT2D eigenvalue weighted by molar-refractivity contribution is 6.36. The van der Waals surface area contributed by atoms with Crippen LogP contribution in [0.25, 0.3) is 0 Å². The Morgan fingerprint density at radius 1 is 1.18 bits per heavy atom. The minimum Gasteiger partial charge on any atom is -0.351 e. The van der Waals surface area contributed by atoms with E-state index in [-0.39, 0.29) is 40.9 Å². The summed E-state index contributed by atoms with van der Waals surface area (Å²) in [6, 6.07) is 5.31. The standard InChI is InChI=1S/C22H20Cl2F3N3O3/c1-21(2,12-5-6-28-16(9-12)22(25,26)27)20(33)29-10-11-7-14(23)18(15(24)8-11)13-3-4-17(31)30-19(13)32/h5-9,13H,3-4,10H2,1-2H3,(H,29,33)(H,30,31,32). The molecular formula is C22H20Cl2F3N3O3. The van der Waals surface area contributed by atoms with Crippen LogP contribution in [0.1, 0.15) is 55.0 Å². The molecule has 6 nitrogen and oxygen atoms in total. The van der Waals surface area contributed by atoms with Crippen molar-refractivity contribution in [2.45, 2.75) is 50.7 Å². The molecular weight excluding hydrogens is 482 g/mol. The van der Waals surface area contributed by atoms with E-state index < -0.39 is 35.0 Å². The number of aromatic nitrogens is 1. The largest absolute Gasteiger partial charge is 0.433 e. The number of pyridine rings is 1. The van der Waals surface area contributed by atoms with Crippen LogP contribution in [-0.2, 0) is 32.5 Å². The fourth-order valence-electron chi connectivity index (χ4n) is 3.55. The molecule has 1 aromatic carbocycles. The van der Waals surface area contributed by atoms with Crippen LogP contribution in [0.5, 0.6) is 0 Å². The number of nitrogens with zero attached hydrogens (tertiary/aromatic N) is 1. The summed E-state index contributed by atoms with van der Waals surface area (Å²) < 4.78 is 38.9. The first-order chi connectivity index (χ1) is 15.3. The lowest BCUT2D eigenvalue weighted by Gasteiger charge is -2.25. The van der Waals surface area contributed by atoms with Crippen molar-refractivity contribution in [3.05, 3.63) is 62.9 Å². The smallest absolute Gasteiger partial charge is 0.351 e. The van der Waals surface area contributed by atoms with Gasteiger partial charge in [0.25, 0.3) is 0 Å². The zero-order valence-corrected chi connectivity index (χ0v) is 19.2. The monoisotopic (exact) mass is 501 g/mol. The third-order valence-corrected chi connectivity index (χ3v) is 6.14. The topological polar surface area (TPSA) is 88.2 Å². The fraction of sp³-hybridized carbons (Fsp3) is 0.364. The molecule has 1 fully saturated rings. The molecule has 1 atom stereocenters. The van der Waals surface area contributed by atoms with E-state index in [1.165, 1.54) is 19.9 Å². The van der Waals surface area contributed by atoms with Gasteiger partial charge in [-0.15, -0.1) is 0 Å². The number of alkyl halides is 3. The molecule has 11 heteroatoms. The molecule has 0 aliphatic carbocycles. The second kappa shape index (κ2) is 9.30. The van der Waals surface area contributed by atoms with Crippen LogP contribution in [0.2, 0.25) is 10.0 Å². The summed E-state index contributed by atoms with van der Waals surface area (Å²) in [5.74, 6) is -2.02. The van der Waals surface area contributed by atoms with Crippen molar-refractivity contribution < 1.29 is 27.6 Å². The molecule has 1 unspecified atom stereocenters. The van der Waals surface area contributed by atoms with Crippen LogP contribution in [-0.4, -0.2) is 22.7 Å². The summed E-state index contributed by atoms with van der Waals surface area (Å²) in [6.45, 7) is 3.02. The molecule has 2 N–H and O–H groups in total. The molecule has 0 bridgehead atoms. The van der Waals surface area contributed by atoms with Crippen molar-refractivity contribution >= 4 is 40.9 Å². The summed E-state index contributed by atoms with van der Waals surface area (Å²) >= 11 is 12.7. The average molecular weight is 502 g/mol. The van der Waals surface area contributed by atoms with E-state index in [1.54, 1.807) is 12.1 Å². The highest BCUT2D eigenvalue weighted by Gasteiger charge is 2.36. The SMILES string of the molecule is CC(C)(C(=O)NCc1cc(Cl)c(C2CCC(=O)NC2=O)c(Cl)c1)c1ccnc(C(F)(F)F)c1. The minimum atomic E-state index is -4.62. The number of piperidine rings is 1. The summed E-state index contributed by atoms with van der Waals surface area (Å²) in [7, 11) is 0. The van der Waals surface area contributed by atoms with E-state index in [9.17, 15) is 27.6 Å². The Labute approximate surface area is 197 Å². The molecule has 0 radical (unpaired) electrons. The normalized spacial score (nSPS) is 17.0. The molecule has 3 rings (SSSR count). The molecule has 2 heterocycles. The maximum atomic E-state index is 13.0. The van der Waals surface area contributed by atoms with Gasteiger partial charge in [0, 0.05) is 34.8 Å². The first kappa shape index (κ1) is 25.0. The maximum Gasteiger partial charge on any atom is 0.433 e. The number of rotatable bonds is 5. The number of nitrogens with one attached hydrogen (secondary N) is 2. The summed E-state index contributed by atoms with van der Waals surface area (Å²) in [5, 5.41) is 5.36. The molecule has 1 aliphatic heterocycles. The van der Waals surface area contributed by atoms with Gasteiger partial charge in [0.15, 0.2) is 0 Å². The van der Waals surface area contributed by atoms with Crippen LogP contribution in [0.15, 0.2) is 30.5 Å². The second-order valence-electron chi connectivity index (χ2n) is 8.21. The molecule has 2 aromatic rings. The lowest BCUT2D eigenvalue weighted by atomic mass is 9.83. The number of amides is 3. The van der Waals surface area contributed by atoms with Gasteiger partial charge in [-0.05, 0) is 55.7 Å². The van der Waals surface area contributed by atoms with E-state index in [4.69, 9.17) is 23.2 Å². The zero-order chi connectivity index (χ0) is 24.6. The first-order valence-electron chi connectivity index (χ1n) is 9.94. The van der Waals surface area contributed by atoms with E-state index in [1.807, 2.05) is 0 Å². The molecule has 176 valence electrons.